The summed E-state index contributed by atoms with van der Waals surface area (Å²) in [7, 11) is 0. The summed E-state index contributed by atoms with van der Waals surface area (Å²) < 4.78 is 5.17. The fourth-order valence-electron chi connectivity index (χ4n) is 2.52. The third-order valence-electron chi connectivity index (χ3n) is 3.22. The SMILES string of the molecule is Cc1noc(C)c1C(C)(C)NC(=O)Cc1ccncc1. The van der Waals surface area contributed by atoms with E-state index in [0.717, 1.165) is 22.6 Å². The van der Waals surface area contributed by atoms with Crippen LogP contribution in [0, 0.1) is 13.8 Å². The van der Waals surface area contributed by atoms with Crippen molar-refractivity contribution in [2.24, 2.45) is 0 Å². The van der Waals surface area contributed by atoms with Crippen LogP contribution < -0.4 is 5.32 Å². The van der Waals surface area contributed by atoms with Crippen LogP contribution in [-0.2, 0) is 16.8 Å². The molecule has 2 aromatic rings. The van der Waals surface area contributed by atoms with Crippen LogP contribution >= 0.6 is 0 Å². The lowest BCUT2D eigenvalue weighted by Crippen LogP contribution is -2.42. The molecule has 0 aliphatic rings. The molecule has 0 fully saturated rings. The predicted molar refractivity (Wildman–Crippen MR) is 75.1 cm³/mol. The smallest absolute Gasteiger partial charge is 0.225 e. The zero-order valence-corrected chi connectivity index (χ0v) is 12.2. The second kappa shape index (κ2) is 5.45. The van der Waals surface area contributed by atoms with Gasteiger partial charge in [0.25, 0.3) is 0 Å². The molecule has 0 aliphatic carbocycles. The van der Waals surface area contributed by atoms with Crippen molar-refractivity contribution in [3.05, 3.63) is 47.1 Å². The average Bonchev–Trinajstić information content (AvgIpc) is 2.70. The van der Waals surface area contributed by atoms with E-state index in [2.05, 4.69) is 15.5 Å². The van der Waals surface area contributed by atoms with Gasteiger partial charge in [-0.15, -0.1) is 0 Å². The molecule has 0 radical (unpaired) electrons. The number of carbonyl (C=O) groups is 1. The van der Waals surface area contributed by atoms with Crippen molar-refractivity contribution in [2.45, 2.75) is 39.7 Å². The first-order valence-corrected chi connectivity index (χ1v) is 6.53. The van der Waals surface area contributed by atoms with Gasteiger partial charge in [-0.25, -0.2) is 0 Å². The van der Waals surface area contributed by atoms with E-state index < -0.39 is 5.54 Å². The van der Waals surface area contributed by atoms with E-state index >= 15 is 0 Å². The Morgan fingerprint density at radius 3 is 2.50 bits per heavy atom. The Hall–Kier alpha value is -2.17. The van der Waals surface area contributed by atoms with Gasteiger partial charge in [-0.3, -0.25) is 9.78 Å². The molecule has 0 spiro atoms. The summed E-state index contributed by atoms with van der Waals surface area (Å²) in [5.74, 6) is 0.693. The summed E-state index contributed by atoms with van der Waals surface area (Å²) in [4.78, 5) is 16.1. The highest BCUT2D eigenvalue weighted by atomic mass is 16.5. The summed E-state index contributed by atoms with van der Waals surface area (Å²) in [6, 6.07) is 3.67. The Morgan fingerprint density at radius 2 is 1.95 bits per heavy atom. The van der Waals surface area contributed by atoms with Crippen molar-refractivity contribution in [1.82, 2.24) is 15.5 Å². The maximum atomic E-state index is 12.2. The quantitative estimate of drug-likeness (QED) is 0.928. The normalized spacial score (nSPS) is 11.4. The molecule has 1 N–H and O–H groups in total. The fourth-order valence-corrected chi connectivity index (χ4v) is 2.52. The van der Waals surface area contributed by atoms with Crippen molar-refractivity contribution in [1.29, 1.82) is 0 Å². The Labute approximate surface area is 118 Å². The van der Waals surface area contributed by atoms with E-state index in [1.165, 1.54) is 0 Å². The van der Waals surface area contributed by atoms with Crippen LogP contribution in [0.5, 0.6) is 0 Å². The molecule has 0 aromatic carbocycles. The van der Waals surface area contributed by atoms with Crippen LogP contribution in [0.3, 0.4) is 0 Å². The van der Waals surface area contributed by atoms with E-state index in [4.69, 9.17) is 4.52 Å². The Balaban J connectivity index is 2.10. The second-order valence-electron chi connectivity index (χ2n) is 5.40. The summed E-state index contributed by atoms with van der Waals surface area (Å²) in [6.07, 6.45) is 3.69. The maximum Gasteiger partial charge on any atom is 0.225 e. The molecule has 0 saturated heterocycles. The molecule has 1 amide bonds. The molecule has 5 nitrogen and oxygen atoms in total. The van der Waals surface area contributed by atoms with Crippen LogP contribution in [0.15, 0.2) is 29.0 Å². The van der Waals surface area contributed by atoms with Crippen LogP contribution in [0.4, 0.5) is 0 Å². The lowest BCUT2D eigenvalue weighted by molar-refractivity contribution is -0.122. The third kappa shape index (κ3) is 3.04. The van der Waals surface area contributed by atoms with Gasteiger partial charge in [0, 0.05) is 18.0 Å². The number of amides is 1. The van der Waals surface area contributed by atoms with Crippen LogP contribution in [0.25, 0.3) is 0 Å². The van der Waals surface area contributed by atoms with E-state index in [1.54, 1.807) is 12.4 Å². The minimum Gasteiger partial charge on any atom is -0.361 e. The first-order chi connectivity index (χ1) is 9.40. The lowest BCUT2D eigenvalue weighted by atomic mass is 9.92. The van der Waals surface area contributed by atoms with Crippen LogP contribution in [0.1, 0.15) is 36.4 Å². The highest BCUT2D eigenvalue weighted by Gasteiger charge is 2.29. The number of aryl methyl sites for hydroxylation is 2. The van der Waals surface area contributed by atoms with Gasteiger partial charge in [-0.1, -0.05) is 5.16 Å². The van der Waals surface area contributed by atoms with E-state index in [-0.39, 0.29) is 5.91 Å². The van der Waals surface area contributed by atoms with Gasteiger partial charge in [-0.2, -0.15) is 0 Å². The highest BCUT2D eigenvalue weighted by molar-refractivity contribution is 5.79. The van der Waals surface area contributed by atoms with Gasteiger partial charge >= 0.3 is 0 Å². The van der Waals surface area contributed by atoms with Crippen molar-refractivity contribution in [2.75, 3.05) is 0 Å². The Morgan fingerprint density at radius 1 is 1.30 bits per heavy atom. The minimum absolute atomic E-state index is 0.0406. The molecular weight excluding hydrogens is 254 g/mol. The summed E-state index contributed by atoms with van der Waals surface area (Å²) in [5.41, 5.74) is 2.16. The first kappa shape index (κ1) is 14.2. The van der Waals surface area contributed by atoms with Crippen molar-refractivity contribution in [3.63, 3.8) is 0 Å². The van der Waals surface area contributed by atoms with Crippen LogP contribution in [-0.4, -0.2) is 16.0 Å². The molecular formula is C15H19N3O2. The van der Waals surface area contributed by atoms with Crippen molar-refractivity contribution >= 4 is 5.91 Å². The minimum atomic E-state index is -0.516. The molecule has 0 unspecified atom stereocenters. The number of nitrogens with one attached hydrogen (secondary N) is 1. The Bertz CT molecular complexity index is 583. The van der Waals surface area contributed by atoms with Crippen molar-refractivity contribution < 1.29 is 9.32 Å². The molecule has 2 rings (SSSR count). The standard InChI is InChI=1S/C15H19N3O2/c1-10-14(11(2)20-18-10)15(3,4)17-13(19)9-12-5-7-16-8-6-12/h5-8H,9H2,1-4H3,(H,17,19). The maximum absolute atomic E-state index is 12.2. The van der Waals surface area contributed by atoms with Gasteiger partial charge in [0.15, 0.2) is 0 Å². The highest BCUT2D eigenvalue weighted by Crippen LogP contribution is 2.26. The molecule has 5 heteroatoms. The Kier molecular flexibility index (Phi) is 3.88. The molecule has 106 valence electrons. The molecule has 20 heavy (non-hydrogen) atoms. The summed E-state index contributed by atoms with van der Waals surface area (Å²) >= 11 is 0. The van der Waals surface area contributed by atoms with Gasteiger partial charge < -0.3 is 9.84 Å². The van der Waals surface area contributed by atoms with Gasteiger partial charge in [0.1, 0.15) is 5.76 Å². The third-order valence-corrected chi connectivity index (χ3v) is 3.22. The van der Waals surface area contributed by atoms with Gasteiger partial charge in [-0.05, 0) is 45.4 Å². The molecule has 0 atom stereocenters. The molecule has 0 bridgehead atoms. The number of pyridine rings is 1. The monoisotopic (exact) mass is 273 g/mol. The molecule has 2 heterocycles. The average molecular weight is 273 g/mol. The number of hydrogen-bond acceptors (Lipinski definition) is 4. The summed E-state index contributed by atoms with van der Waals surface area (Å²) in [5, 5.41) is 6.97. The summed E-state index contributed by atoms with van der Waals surface area (Å²) in [6.45, 7) is 7.63. The molecule has 0 aliphatic heterocycles. The lowest BCUT2D eigenvalue weighted by Gasteiger charge is -2.26. The van der Waals surface area contributed by atoms with Crippen molar-refractivity contribution in [3.8, 4) is 0 Å². The number of rotatable bonds is 4. The van der Waals surface area contributed by atoms with Crippen LogP contribution in [0.2, 0.25) is 0 Å². The van der Waals surface area contributed by atoms with Gasteiger partial charge in [0.2, 0.25) is 5.91 Å². The fraction of sp³-hybridized carbons (Fsp3) is 0.400. The zero-order valence-electron chi connectivity index (χ0n) is 12.2. The number of hydrogen-bond donors (Lipinski definition) is 1. The molecule has 0 saturated carbocycles. The predicted octanol–water partition coefficient (Wildman–Crippen LogP) is 2.28. The number of nitrogens with zero attached hydrogens (tertiary/aromatic N) is 2. The van der Waals surface area contributed by atoms with E-state index in [9.17, 15) is 4.79 Å². The zero-order chi connectivity index (χ0) is 14.8. The second-order valence-corrected chi connectivity index (χ2v) is 5.40. The van der Waals surface area contributed by atoms with Gasteiger partial charge in [0.05, 0.1) is 17.7 Å². The van der Waals surface area contributed by atoms with E-state index in [1.807, 2.05) is 39.8 Å². The molecule has 2 aromatic heterocycles. The van der Waals surface area contributed by atoms with E-state index in [0.29, 0.717) is 6.42 Å². The number of aromatic nitrogens is 2. The topological polar surface area (TPSA) is 68.0 Å². The largest absolute Gasteiger partial charge is 0.361 e. The number of carbonyl (C=O) groups excluding carboxylic acids is 1. The first-order valence-electron chi connectivity index (χ1n) is 6.53.